The standard InChI is InChI=1S/C11H25N3O2S/c1-11(2)10-13-5-7-14(8-6-13)17(15,16)9-4-12-3/h11-12H,4-10H2,1-3H3. The SMILES string of the molecule is CNCCS(=O)(=O)N1CCN(CC(C)C)CC1. The number of sulfonamides is 1. The number of piperazine rings is 1. The van der Waals surface area contributed by atoms with Crippen molar-refractivity contribution in [2.45, 2.75) is 13.8 Å². The van der Waals surface area contributed by atoms with Gasteiger partial charge in [0, 0.05) is 39.3 Å². The minimum Gasteiger partial charge on any atom is -0.319 e. The maximum absolute atomic E-state index is 11.9. The van der Waals surface area contributed by atoms with E-state index in [1.54, 1.807) is 11.4 Å². The van der Waals surface area contributed by atoms with E-state index in [0.717, 1.165) is 19.6 Å². The fourth-order valence-corrected chi connectivity index (χ4v) is 3.51. The molecule has 17 heavy (non-hydrogen) atoms. The van der Waals surface area contributed by atoms with Gasteiger partial charge in [0.15, 0.2) is 0 Å². The average molecular weight is 263 g/mol. The van der Waals surface area contributed by atoms with Gasteiger partial charge in [0.1, 0.15) is 0 Å². The summed E-state index contributed by atoms with van der Waals surface area (Å²) in [4.78, 5) is 2.34. The van der Waals surface area contributed by atoms with E-state index in [0.29, 0.717) is 25.6 Å². The summed E-state index contributed by atoms with van der Waals surface area (Å²) < 4.78 is 25.5. The second kappa shape index (κ2) is 6.68. The molecule has 1 N–H and O–H groups in total. The Morgan fingerprint density at radius 1 is 1.18 bits per heavy atom. The van der Waals surface area contributed by atoms with Crippen molar-refractivity contribution in [2.24, 2.45) is 5.92 Å². The largest absolute Gasteiger partial charge is 0.319 e. The second-order valence-corrected chi connectivity index (χ2v) is 7.10. The van der Waals surface area contributed by atoms with Crippen LogP contribution in [0.1, 0.15) is 13.8 Å². The zero-order valence-electron chi connectivity index (χ0n) is 11.1. The van der Waals surface area contributed by atoms with Crippen LogP contribution in [0.15, 0.2) is 0 Å². The molecule has 1 aliphatic rings. The van der Waals surface area contributed by atoms with Crippen LogP contribution in [0.25, 0.3) is 0 Å². The van der Waals surface area contributed by atoms with Gasteiger partial charge in [-0.3, -0.25) is 0 Å². The second-order valence-electron chi connectivity index (χ2n) is 5.01. The van der Waals surface area contributed by atoms with E-state index in [1.165, 1.54) is 0 Å². The van der Waals surface area contributed by atoms with Crippen LogP contribution in [-0.2, 0) is 10.0 Å². The molecular weight excluding hydrogens is 238 g/mol. The van der Waals surface area contributed by atoms with Gasteiger partial charge in [0.05, 0.1) is 5.75 Å². The third-order valence-corrected chi connectivity index (χ3v) is 4.83. The van der Waals surface area contributed by atoms with Crippen molar-refractivity contribution >= 4 is 10.0 Å². The van der Waals surface area contributed by atoms with Crippen molar-refractivity contribution in [3.05, 3.63) is 0 Å². The molecule has 0 aromatic heterocycles. The summed E-state index contributed by atoms with van der Waals surface area (Å²) in [6.45, 7) is 8.95. The topological polar surface area (TPSA) is 52.7 Å². The average Bonchev–Trinajstić information content (AvgIpc) is 2.26. The lowest BCUT2D eigenvalue weighted by Gasteiger charge is -2.34. The summed E-state index contributed by atoms with van der Waals surface area (Å²) in [5.41, 5.74) is 0. The molecule has 0 aromatic carbocycles. The van der Waals surface area contributed by atoms with Crippen molar-refractivity contribution in [3.8, 4) is 0 Å². The zero-order valence-corrected chi connectivity index (χ0v) is 12.0. The highest BCUT2D eigenvalue weighted by Gasteiger charge is 2.26. The molecule has 102 valence electrons. The molecule has 0 unspecified atom stereocenters. The molecule has 0 saturated carbocycles. The first-order chi connectivity index (χ1) is 7.95. The summed E-state index contributed by atoms with van der Waals surface area (Å²) in [7, 11) is -1.28. The van der Waals surface area contributed by atoms with Crippen molar-refractivity contribution in [2.75, 3.05) is 52.1 Å². The van der Waals surface area contributed by atoms with Gasteiger partial charge in [-0.1, -0.05) is 13.8 Å². The predicted molar refractivity (Wildman–Crippen MR) is 70.6 cm³/mol. The molecule has 1 saturated heterocycles. The molecule has 1 heterocycles. The Hall–Kier alpha value is -0.170. The van der Waals surface area contributed by atoms with Gasteiger partial charge < -0.3 is 10.2 Å². The van der Waals surface area contributed by atoms with Crippen molar-refractivity contribution in [1.82, 2.24) is 14.5 Å². The van der Waals surface area contributed by atoms with E-state index in [9.17, 15) is 8.42 Å². The van der Waals surface area contributed by atoms with Crippen LogP contribution in [0, 0.1) is 5.92 Å². The first kappa shape index (κ1) is 14.9. The lowest BCUT2D eigenvalue weighted by atomic mass is 10.2. The molecule has 0 amide bonds. The van der Waals surface area contributed by atoms with Gasteiger partial charge >= 0.3 is 0 Å². The van der Waals surface area contributed by atoms with Crippen LogP contribution in [0.5, 0.6) is 0 Å². The quantitative estimate of drug-likeness (QED) is 0.722. The van der Waals surface area contributed by atoms with Gasteiger partial charge in [-0.25, -0.2) is 8.42 Å². The van der Waals surface area contributed by atoms with Gasteiger partial charge in [-0.2, -0.15) is 4.31 Å². The number of nitrogens with zero attached hydrogens (tertiary/aromatic N) is 2. The smallest absolute Gasteiger partial charge is 0.215 e. The Morgan fingerprint density at radius 2 is 1.76 bits per heavy atom. The highest BCUT2D eigenvalue weighted by atomic mass is 32.2. The summed E-state index contributed by atoms with van der Waals surface area (Å²) in [6, 6.07) is 0. The van der Waals surface area contributed by atoms with Crippen LogP contribution in [-0.4, -0.2) is 69.7 Å². The predicted octanol–water partition coefficient (Wildman–Crippen LogP) is -0.191. The first-order valence-electron chi connectivity index (χ1n) is 6.30. The van der Waals surface area contributed by atoms with Gasteiger partial charge in [0.25, 0.3) is 0 Å². The molecule has 5 nitrogen and oxygen atoms in total. The monoisotopic (exact) mass is 263 g/mol. The summed E-state index contributed by atoms with van der Waals surface area (Å²) in [5.74, 6) is 0.843. The lowest BCUT2D eigenvalue weighted by molar-refractivity contribution is 0.172. The third-order valence-electron chi connectivity index (χ3n) is 2.96. The third kappa shape index (κ3) is 4.91. The van der Waals surface area contributed by atoms with E-state index in [4.69, 9.17) is 0 Å². The number of rotatable bonds is 6. The zero-order chi connectivity index (χ0) is 12.9. The molecule has 0 atom stereocenters. The summed E-state index contributed by atoms with van der Waals surface area (Å²) in [5, 5.41) is 2.88. The summed E-state index contributed by atoms with van der Waals surface area (Å²) >= 11 is 0. The highest BCUT2D eigenvalue weighted by molar-refractivity contribution is 7.89. The van der Waals surface area contributed by atoms with Crippen LogP contribution >= 0.6 is 0 Å². The number of hydrogen-bond acceptors (Lipinski definition) is 4. The number of hydrogen-bond donors (Lipinski definition) is 1. The Kier molecular flexibility index (Phi) is 5.85. The molecule has 0 bridgehead atoms. The Labute approximate surface area is 105 Å². The van der Waals surface area contributed by atoms with Crippen molar-refractivity contribution < 1.29 is 8.42 Å². The van der Waals surface area contributed by atoms with E-state index < -0.39 is 10.0 Å². The maximum Gasteiger partial charge on any atom is 0.215 e. The van der Waals surface area contributed by atoms with Crippen LogP contribution in [0.3, 0.4) is 0 Å². The fraction of sp³-hybridized carbons (Fsp3) is 1.00. The first-order valence-corrected chi connectivity index (χ1v) is 7.91. The van der Waals surface area contributed by atoms with Crippen LogP contribution in [0.4, 0.5) is 0 Å². The molecule has 0 spiro atoms. The normalized spacial score (nSPS) is 20.0. The Bertz CT molecular complexity index is 309. The van der Waals surface area contributed by atoms with Crippen molar-refractivity contribution in [1.29, 1.82) is 0 Å². The minimum absolute atomic E-state index is 0.202. The van der Waals surface area contributed by atoms with E-state index in [-0.39, 0.29) is 5.75 Å². The van der Waals surface area contributed by atoms with Gasteiger partial charge in [-0.15, -0.1) is 0 Å². The molecular formula is C11H25N3O2S. The molecule has 0 aliphatic carbocycles. The Balaban J connectivity index is 2.40. The molecule has 1 aliphatic heterocycles. The molecule has 6 heteroatoms. The number of nitrogens with one attached hydrogen (secondary N) is 1. The van der Waals surface area contributed by atoms with Crippen LogP contribution in [0.2, 0.25) is 0 Å². The molecule has 0 aromatic rings. The molecule has 1 fully saturated rings. The lowest BCUT2D eigenvalue weighted by Crippen LogP contribution is -2.50. The van der Waals surface area contributed by atoms with Gasteiger partial charge in [-0.05, 0) is 13.0 Å². The van der Waals surface area contributed by atoms with Crippen molar-refractivity contribution in [3.63, 3.8) is 0 Å². The molecule has 0 radical (unpaired) electrons. The fourth-order valence-electron chi connectivity index (χ4n) is 2.07. The highest BCUT2D eigenvalue weighted by Crippen LogP contribution is 2.09. The van der Waals surface area contributed by atoms with Crippen LogP contribution < -0.4 is 5.32 Å². The molecule has 1 rings (SSSR count). The van der Waals surface area contributed by atoms with Gasteiger partial charge in [0.2, 0.25) is 10.0 Å². The van der Waals surface area contributed by atoms with E-state index >= 15 is 0 Å². The van der Waals surface area contributed by atoms with E-state index in [2.05, 4.69) is 24.1 Å². The summed E-state index contributed by atoms with van der Waals surface area (Å²) in [6.07, 6.45) is 0. The maximum atomic E-state index is 11.9. The minimum atomic E-state index is -3.05. The van der Waals surface area contributed by atoms with E-state index in [1.807, 2.05) is 0 Å². The Morgan fingerprint density at radius 3 is 2.24 bits per heavy atom.